The molecule has 1 atom stereocenters. The van der Waals surface area contributed by atoms with Crippen molar-refractivity contribution in [1.82, 2.24) is 9.97 Å². The van der Waals surface area contributed by atoms with Gasteiger partial charge in [-0.2, -0.15) is 0 Å². The van der Waals surface area contributed by atoms with Crippen LogP contribution in [0, 0.1) is 0 Å². The normalized spacial score (nSPS) is 13.1. The molecule has 4 N–H and O–H groups in total. The molecule has 0 amide bonds. The van der Waals surface area contributed by atoms with Crippen LogP contribution in [0.3, 0.4) is 0 Å². The third-order valence-electron chi connectivity index (χ3n) is 2.66. The van der Waals surface area contributed by atoms with Crippen LogP contribution in [0.4, 0.5) is 0 Å². The van der Waals surface area contributed by atoms with Gasteiger partial charge in [-0.3, -0.25) is 0 Å². The molecule has 86 valence electrons. The summed E-state index contributed by atoms with van der Waals surface area (Å²) in [6.07, 6.45) is 0. The lowest BCUT2D eigenvalue weighted by Gasteiger charge is -2.13. The summed E-state index contributed by atoms with van der Waals surface area (Å²) in [5.74, 6) is 0.160. The number of nitrogens with one attached hydrogen (secondary N) is 2. The maximum absolute atomic E-state index is 11.1. The zero-order valence-electron chi connectivity index (χ0n) is 9.12. The van der Waals surface area contributed by atoms with Crippen LogP contribution in [0.1, 0.15) is 11.5 Å². The quantitative estimate of drug-likeness (QED) is 0.704. The minimum atomic E-state index is -0.191. The number of ether oxygens (including phenoxy) is 1. The van der Waals surface area contributed by atoms with Crippen molar-refractivity contribution in [3.05, 3.63) is 34.2 Å². The smallest absolute Gasteiger partial charge is 0.323 e. The summed E-state index contributed by atoms with van der Waals surface area (Å²) in [4.78, 5) is 16.5. The number of rotatable bonds is 4. The van der Waals surface area contributed by atoms with Gasteiger partial charge in [0.25, 0.3) is 0 Å². The Hall–Kier alpha value is -1.59. The number of aromatic amines is 2. The molecule has 5 nitrogen and oxygen atoms in total. The van der Waals surface area contributed by atoms with E-state index in [4.69, 9.17) is 10.5 Å². The van der Waals surface area contributed by atoms with E-state index in [0.717, 1.165) is 16.6 Å². The van der Waals surface area contributed by atoms with Gasteiger partial charge in [0.2, 0.25) is 0 Å². The van der Waals surface area contributed by atoms with E-state index in [2.05, 4.69) is 9.97 Å². The van der Waals surface area contributed by atoms with E-state index in [1.165, 1.54) is 0 Å². The number of H-pyrrole nitrogens is 2. The number of hydrogen-bond donors (Lipinski definition) is 3. The van der Waals surface area contributed by atoms with Gasteiger partial charge in [-0.15, -0.1) is 0 Å². The van der Waals surface area contributed by atoms with E-state index < -0.39 is 0 Å². The Morgan fingerprint density at radius 2 is 2.12 bits per heavy atom. The molecule has 0 saturated heterocycles. The van der Waals surface area contributed by atoms with Crippen molar-refractivity contribution in [2.75, 3.05) is 20.3 Å². The average molecular weight is 221 g/mol. The van der Waals surface area contributed by atoms with Gasteiger partial charge in [-0.1, -0.05) is 6.07 Å². The number of benzene rings is 1. The standard InChI is InChI=1S/C11H15N3O2/c1-16-6-8(5-12)7-2-3-9-10(4-7)14-11(15)13-9/h2-4,8H,5-6,12H2,1H3,(H2,13,14,15). The first-order valence-electron chi connectivity index (χ1n) is 5.15. The van der Waals surface area contributed by atoms with Gasteiger partial charge >= 0.3 is 5.69 Å². The van der Waals surface area contributed by atoms with E-state index >= 15 is 0 Å². The molecule has 0 aliphatic heterocycles. The summed E-state index contributed by atoms with van der Waals surface area (Å²) in [6.45, 7) is 1.10. The van der Waals surface area contributed by atoms with Crippen LogP contribution in [-0.2, 0) is 4.74 Å². The average Bonchev–Trinajstić information content (AvgIpc) is 2.64. The first kappa shape index (κ1) is 10.9. The Kier molecular flexibility index (Phi) is 3.07. The Morgan fingerprint density at radius 1 is 1.38 bits per heavy atom. The highest BCUT2D eigenvalue weighted by atomic mass is 16.5. The van der Waals surface area contributed by atoms with E-state index in [1.807, 2.05) is 18.2 Å². The molecule has 0 fully saturated rings. The maximum atomic E-state index is 11.1. The third-order valence-corrected chi connectivity index (χ3v) is 2.66. The molecule has 0 saturated carbocycles. The highest BCUT2D eigenvalue weighted by Crippen LogP contribution is 2.18. The number of nitrogens with two attached hydrogens (primary N) is 1. The van der Waals surface area contributed by atoms with Crippen molar-refractivity contribution >= 4 is 11.0 Å². The number of imidazole rings is 1. The topological polar surface area (TPSA) is 83.9 Å². The lowest BCUT2D eigenvalue weighted by atomic mass is 10.00. The van der Waals surface area contributed by atoms with Crippen LogP contribution in [0.2, 0.25) is 0 Å². The molecule has 2 rings (SSSR count). The van der Waals surface area contributed by atoms with Gasteiger partial charge in [-0.05, 0) is 17.7 Å². The summed E-state index contributed by atoms with van der Waals surface area (Å²) in [5.41, 5.74) is 8.18. The molecule has 1 aromatic carbocycles. The molecule has 1 unspecified atom stereocenters. The second-order valence-corrected chi connectivity index (χ2v) is 3.77. The summed E-state index contributed by atoms with van der Waals surface area (Å²) < 4.78 is 5.11. The fourth-order valence-corrected chi connectivity index (χ4v) is 1.81. The van der Waals surface area contributed by atoms with Crippen molar-refractivity contribution < 1.29 is 4.74 Å². The van der Waals surface area contributed by atoms with E-state index in [-0.39, 0.29) is 11.6 Å². The zero-order valence-corrected chi connectivity index (χ0v) is 9.12. The second-order valence-electron chi connectivity index (χ2n) is 3.77. The van der Waals surface area contributed by atoms with E-state index in [0.29, 0.717) is 13.2 Å². The van der Waals surface area contributed by atoms with Crippen LogP contribution in [0.25, 0.3) is 11.0 Å². The fraction of sp³-hybridized carbons (Fsp3) is 0.364. The van der Waals surface area contributed by atoms with Gasteiger partial charge in [0.15, 0.2) is 0 Å². The Balaban J connectivity index is 2.40. The summed E-state index contributed by atoms with van der Waals surface area (Å²) in [5, 5.41) is 0. The highest BCUT2D eigenvalue weighted by molar-refractivity contribution is 5.75. The minimum absolute atomic E-state index is 0.160. The second kappa shape index (κ2) is 4.51. The lowest BCUT2D eigenvalue weighted by molar-refractivity contribution is 0.181. The third kappa shape index (κ3) is 2.00. The molecule has 0 aliphatic carbocycles. The van der Waals surface area contributed by atoms with Gasteiger partial charge in [0.1, 0.15) is 0 Å². The SMILES string of the molecule is COCC(CN)c1ccc2[nH]c(=O)[nH]c2c1. The lowest BCUT2D eigenvalue weighted by Crippen LogP contribution is -2.17. The van der Waals surface area contributed by atoms with Gasteiger partial charge < -0.3 is 20.4 Å². The van der Waals surface area contributed by atoms with Crippen molar-refractivity contribution in [3.63, 3.8) is 0 Å². The predicted molar refractivity (Wildman–Crippen MR) is 62.6 cm³/mol. The molecule has 0 radical (unpaired) electrons. The highest BCUT2D eigenvalue weighted by Gasteiger charge is 2.10. The molecular formula is C11H15N3O2. The first-order valence-corrected chi connectivity index (χ1v) is 5.15. The number of aromatic nitrogens is 2. The summed E-state index contributed by atoms with van der Waals surface area (Å²) in [7, 11) is 1.65. The first-order chi connectivity index (χ1) is 7.74. The van der Waals surface area contributed by atoms with E-state index in [1.54, 1.807) is 7.11 Å². The van der Waals surface area contributed by atoms with Crippen LogP contribution in [-0.4, -0.2) is 30.2 Å². The van der Waals surface area contributed by atoms with Crippen molar-refractivity contribution in [3.8, 4) is 0 Å². The monoisotopic (exact) mass is 221 g/mol. The van der Waals surface area contributed by atoms with Crippen molar-refractivity contribution in [2.24, 2.45) is 5.73 Å². The predicted octanol–water partition coefficient (Wildman–Crippen LogP) is 0.545. The van der Waals surface area contributed by atoms with Crippen molar-refractivity contribution in [1.29, 1.82) is 0 Å². The Bertz CT molecular complexity index is 529. The molecule has 2 aromatic rings. The Morgan fingerprint density at radius 3 is 2.81 bits per heavy atom. The number of hydrogen-bond acceptors (Lipinski definition) is 3. The molecular weight excluding hydrogens is 206 g/mol. The molecule has 1 heterocycles. The molecule has 16 heavy (non-hydrogen) atoms. The number of methoxy groups -OCH3 is 1. The number of fused-ring (bicyclic) bond motifs is 1. The van der Waals surface area contributed by atoms with Crippen LogP contribution >= 0.6 is 0 Å². The van der Waals surface area contributed by atoms with Gasteiger partial charge in [0.05, 0.1) is 17.6 Å². The molecule has 1 aromatic heterocycles. The minimum Gasteiger partial charge on any atom is -0.384 e. The Labute approximate surface area is 92.6 Å². The molecule has 5 heteroatoms. The molecule has 0 spiro atoms. The van der Waals surface area contributed by atoms with Crippen LogP contribution < -0.4 is 11.4 Å². The van der Waals surface area contributed by atoms with Crippen LogP contribution in [0.5, 0.6) is 0 Å². The molecule has 0 bridgehead atoms. The van der Waals surface area contributed by atoms with E-state index in [9.17, 15) is 4.79 Å². The maximum Gasteiger partial charge on any atom is 0.323 e. The summed E-state index contributed by atoms with van der Waals surface area (Å²) in [6, 6.07) is 5.77. The van der Waals surface area contributed by atoms with Gasteiger partial charge in [0, 0.05) is 19.6 Å². The van der Waals surface area contributed by atoms with Crippen molar-refractivity contribution in [2.45, 2.75) is 5.92 Å². The summed E-state index contributed by atoms with van der Waals surface area (Å²) >= 11 is 0. The largest absolute Gasteiger partial charge is 0.384 e. The fourth-order valence-electron chi connectivity index (χ4n) is 1.81. The molecule has 0 aliphatic rings. The van der Waals surface area contributed by atoms with Crippen LogP contribution in [0.15, 0.2) is 23.0 Å². The zero-order chi connectivity index (χ0) is 11.5. The van der Waals surface area contributed by atoms with Gasteiger partial charge in [-0.25, -0.2) is 4.79 Å².